The average molecular weight is 261 g/mol. The number of methoxy groups -OCH3 is 1. The molecule has 17 heavy (non-hydrogen) atoms. The van der Waals surface area contributed by atoms with Crippen molar-refractivity contribution in [1.82, 2.24) is 4.98 Å². The highest BCUT2D eigenvalue weighted by Crippen LogP contribution is 2.23. The lowest BCUT2D eigenvalue weighted by molar-refractivity contribution is 0.0697. The summed E-state index contributed by atoms with van der Waals surface area (Å²) in [5, 5.41) is 21.0. The first-order valence-corrected chi connectivity index (χ1v) is 5.22. The van der Waals surface area contributed by atoms with Gasteiger partial charge in [-0.25, -0.2) is 9.78 Å². The Labute approximate surface area is 103 Å². The molecule has 0 saturated carbocycles. The summed E-state index contributed by atoms with van der Waals surface area (Å²) >= 11 is 5.85. The van der Waals surface area contributed by atoms with E-state index in [1.54, 1.807) is 0 Å². The minimum Gasteiger partial charge on any atom is -0.478 e. The van der Waals surface area contributed by atoms with Crippen molar-refractivity contribution in [2.75, 3.05) is 25.6 Å². The van der Waals surface area contributed by atoms with Crippen LogP contribution >= 0.6 is 11.6 Å². The van der Waals surface area contributed by atoms with E-state index >= 15 is 0 Å². The standard InChI is InChI=1S/C10H13ClN2O4/c1-17-5-6(14)4-13-9-8(11)7(10(15)16)2-3-12-9/h2-3,6,14H,4-5H2,1H3,(H,12,13)(H,15,16). The fourth-order valence-electron chi connectivity index (χ4n) is 1.20. The van der Waals surface area contributed by atoms with Crippen LogP contribution in [0.3, 0.4) is 0 Å². The van der Waals surface area contributed by atoms with Crippen LogP contribution in [0.15, 0.2) is 12.3 Å². The monoisotopic (exact) mass is 260 g/mol. The van der Waals surface area contributed by atoms with Crippen molar-refractivity contribution in [3.05, 3.63) is 22.8 Å². The number of halogens is 1. The largest absolute Gasteiger partial charge is 0.478 e. The van der Waals surface area contributed by atoms with Gasteiger partial charge < -0.3 is 20.3 Å². The third-order valence-electron chi connectivity index (χ3n) is 1.98. The molecule has 0 aliphatic heterocycles. The van der Waals surface area contributed by atoms with Crippen LogP contribution in [-0.4, -0.2) is 47.5 Å². The van der Waals surface area contributed by atoms with Gasteiger partial charge >= 0.3 is 5.97 Å². The Morgan fingerprint density at radius 3 is 3.00 bits per heavy atom. The van der Waals surface area contributed by atoms with Gasteiger partial charge in [-0.05, 0) is 6.07 Å². The molecule has 0 aromatic carbocycles. The summed E-state index contributed by atoms with van der Waals surface area (Å²) in [6.07, 6.45) is 0.617. The second-order valence-electron chi connectivity index (χ2n) is 3.32. The zero-order valence-electron chi connectivity index (χ0n) is 9.18. The van der Waals surface area contributed by atoms with Gasteiger partial charge in [-0.3, -0.25) is 0 Å². The predicted octanol–water partition coefficient (Wildman–Crippen LogP) is 0.852. The molecule has 1 atom stereocenters. The summed E-state index contributed by atoms with van der Waals surface area (Å²) in [4.78, 5) is 14.7. The zero-order valence-corrected chi connectivity index (χ0v) is 9.94. The number of carbonyl (C=O) groups is 1. The highest BCUT2D eigenvalue weighted by molar-refractivity contribution is 6.35. The zero-order chi connectivity index (χ0) is 12.8. The first kappa shape index (κ1) is 13.7. The van der Waals surface area contributed by atoms with E-state index in [1.807, 2.05) is 0 Å². The maximum Gasteiger partial charge on any atom is 0.337 e. The molecular weight excluding hydrogens is 248 g/mol. The molecule has 0 spiro atoms. The van der Waals surface area contributed by atoms with Crippen LogP contribution in [0.25, 0.3) is 0 Å². The maximum atomic E-state index is 10.8. The Morgan fingerprint density at radius 2 is 2.41 bits per heavy atom. The smallest absolute Gasteiger partial charge is 0.337 e. The summed E-state index contributed by atoms with van der Waals surface area (Å²) < 4.78 is 4.75. The highest BCUT2D eigenvalue weighted by Gasteiger charge is 2.13. The highest BCUT2D eigenvalue weighted by atomic mass is 35.5. The van der Waals surface area contributed by atoms with Gasteiger partial charge in [-0.1, -0.05) is 11.6 Å². The number of anilines is 1. The lowest BCUT2D eigenvalue weighted by atomic mass is 10.2. The van der Waals surface area contributed by atoms with E-state index in [4.69, 9.17) is 21.4 Å². The molecule has 94 valence electrons. The fourth-order valence-corrected chi connectivity index (χ4v) is 1.46. The van der Waals surface area contributed by atoms with E-state index in [1.165, 1.54) is 19.4 Å². The van der Waals surface area contributed by atoms with Gasteiger partial charge in [0.2, 0.25) is 0 Å². The summed E-state index contributed by atoms with van der Waals surface area (Å²) in [5.74, 6) is -0.903. The number of aromatic nitrogens is 1. The molecule has 1 aromatic rings. The number of ether oxygens (including phenoxy) is 1. The number of carboxylic acid groups (broad SMARTS) is 1. The predicted molar refractivity (Wildman–Crippen MR) is 62.6 cm³/mol. The molecule has 6 nitrogen and oxygen atoms in total. The Kier molecular flexibility index (Phi) is 5.14. The number of aromatic carboxylic acids is 1. The van der Waals surface area contributed by atoms with Crippen molar-refractivity contribution in [3.8, 4) is 0 Å². The van der Waals surface area contributed by atoms with E-state index in [-0.39, 0.29) is 29.6 Å². The van der Waals surface area contributed by atoms with Gasteiger partial charge in [0.15, 0.2) is 0 Å². The van der Waals surface area contributed by atoms with Crippen LogP contribution in [0.4, 0.5) is 5.82 Å². The van der Waals surface area contributed by atoms with Crippen molar-refractivity contribution in [2.45, 2.75) is 6.10 Å². The number of carboxylic acids is 1. The molecule has 0 amide bonds. The first-order chi connectivity index (χ1) is 8.06. The van der Waals surface area contributed by atoms with E-state index in [2.05, 4.69) is 10.3 Å². The molecule has 0 fully saturated rings. The molecule has 1 unspecified atom stereocenters. The quantitative estimate of drug-likeness (QED) is 0.702. The number of hydrogen-bond acceptors (Lipinski definition) is 5. The van der Waals surface area contributed by atoms with Gasteiger partial charge in [0.25, 0.3) is 0 Å². The third kappa shape index (κ3) is 3.85. The molecule has 7 heteroatoms. The van der Waals surface area contributed by atoms with Crippen molar-refractivity contribution in [2.24, 2.45) is 0 Å². The molecule has 0 saturated heterocycles. The summed E-state index contributed by atoms with van der Waals surface area (Å²) in [6, 6.07) is 1.31. The minimum atomic E-state index is -1.13. The first-order valence-electron chi connectivity index (χ1n) is 4.85. The number of aliphatic hydroxyl groups is 1. The molecule has 0 radical (unpaired) electrons. The molecule has 0 aliphatic carbocycles. The molecule has 0 bridgehead atoms. The van der Waals surface area contributed by atoms with Crippen molar-refractivity contribution < 1.29 is 19.7 Å². The van der Waals surface area contributed by atoms with Crippen molar-refractivity contribution in [3.63, 3.8) is 0 Å². The minimum absolute atomic E-state index is 0.0182. The van der Waals surface area contributed by atoms with Crippen LogP contribution in [0, 0.1) is 0 Å². The van der Waals surface area contributed by atoms with E-state index in [0.29, 0.717) is 0 Å². The van der Waals surface area contributed by atoms with E-state index < -0.39 is 12.1 Å². The van der Waals surface area contributed by atoms with Crippen LogP contribution < -0.4 is 5.32 Å². The fraction of sp³-hybridized carbons (Fsp3) is 0.400. The lowest BCUT2D eigenvalue weighted by Gasteiger charge is -2.12. The third-order valence-corrected chi connectivity index (χ3v) is 2.37. The number of nitrogens with zero attached hydrogens (tertiary/aromatic N) is 1. The van der Waals surface area contributed by atoms with Crippen LogP contribution in [-0.2, 0) is 4.74 Å². The molecule has 0 aliphatic rings. The Balaban J connectivity index is 2.72. The van der Waals surface area contributed by atoms with Crippen molar-refractivity contribution in [1.29, 1.82) is 0 Å². The number of nitrogens with one attached hydrogen (secondary N) is 1. The second kappa shape index (κ2) is 6.39. The van der Waals surface area contributed by atoms with E-state index in [9.17, 15) is 9.90 Å². The van der Waals surface area contributed by atoms with Gasteiger partial charge in [0.05, 0.1) is 23.3 Å². The average Bonchev–Trinajstić information content (AvgIpc) is 2.27. The molecule has 1 heterocycles. The van der Waals surface area contributed by atoms with Gasteiger partial charge in [-0.15, -0.1) is 0 Å². The number of aliphatic hydroxyl groups excluding tert-OH is 1. The number of pyridine rings is 1. The molecule has 1 rings (SSSR count). The molecule has 1 aromatic heterocycles. The summed E-state index contributed by atoms with van der Waals surface area (Å²) in [5.41, 5.74) is -0.0367. The second-order valence-corrected chi connectivity index (χ2v) is 3.69. The Bertz CT molecular complexity index is 400. The van der Waals surface area contributed by atoms with Crippen LogP contribution in [0.2, 0.25) is 5.02 Å². The van der Waals surface area contributed by atoms with Gasteiger partial charge in [-0.2, -0.15) is 0 Å². The summed E-state index contributed by atoms with van der Waals surface area (Å²) in [7, 11) is 1.47. The Morgan fingerprint density at radius 1 is 1.71 bits per heavy atom. The maximum absolute atomic E-state index is 10.8. The lowest BCUT2D eigenvalue weighted by Crippen LogP contribution is -2.24. The topological polar surface area (TPSA) is 91.7 Å². The number of rotatable bonds is 6. The normalized spacial score (nSPS) is 12.2. The van der Waals surface area contributed by atoms with Gasteiger partial charge in [0.1, 0.15) is 5.82 Å². The van der Waals surface area contributed by atoms with Gasteiger partial charge in [0, 0.05) is 19.9 Å². The summed E-state index contributed by atoms with van der Waals surface area (Å²) in [6.45, 7) is 0.340. The molecule has 3 N–H and O–H groups in total. The van der Waals surface area contributed by atoms with E-state index in [0.717, 1.165) is 0 Å². The van der Waals surface area contributed by atoms with Crippen LogP contribution in [0.5, 0.6) is 0 Å². The molecular formula is C10H13ClN2O4. The van der Waals surface area contributed by atoms with Crippen molar-refractivity contribution >= 4 is 23.4 Å². The number of hydrogen-bond donors (Lipinski definition) is 3. The SMILES string of the molecule is COCC(O)CNc1nccc(C(=O)O)c1Cl. The van der Waals surface area contributed by atoms with Crippen LogP contribution in [0.1, 0.15) is 10.4 Å². The Hall–Kier alpha value is -1.37.